The van der Waals surface area contributed by atoms with Crippen LogP contribution >= 0.6 is 15.9 Å². The van der Waals surface area contributed by atoms with E-state index in [0.717, 1.165) is 17.3 Å². The second-order valence-corrected chi connectivity index (χ2v) is 6.46. The molecule has 0 aliphatic carbocycles. The van der Waals surface area contributed by atoms with E-state index in [4.69, 9.17) is 10.5 Å². The highest BCUT2D eigenvalue weighted by molar-refractivity contribution is 9.10. The summed E-state index contributed by atoms with van der Waals surface area (Å²) in [6.07, 6.45) is 3.28. The molecule has 5 nitrogen and oxygen atoms in total. The normalized spacial score (nSPS) is 15.5. The predicted octanol–water partition coefficient (Wildman–Crippen LogP) is 3.20. The molecule has 1 saturated heterocycles. The van der Waals surface area contributed by atoms with E-state index in [9.17, 15) is 4.79 Å². The van der Waals surface area contributed by atoms with Gasteiger partial charge < -0.3 is 15.4 Å². The van der Waals surface area contributed by atoms with Crippen LogP contribution in [0, 0.1) is 0 Å². The molecule has 23 heavy (non-hydrogen) atoms. The molecule has 0 unspecified atom stereocenters. The van der Waals surface area contributed by atoms with E-state index in [-0.39, 0.29) is 11.9 Å². The number of piperidine rings is 1. The number of pyridine rings is 1. The molecule has 0 saturated carbocycles. The lowest BCUT2D eigenvalue weighted by Crippen LogP contribution is -2.42. The first-order chi connectivity index (χ1) is 11.1. The Hall–Kier alpha value is -1.92. The van der Waals surface area contributed by atoms with Gasteiger partial charge in [-0.2, -0.15) is 0 Å². The number of carbonyl (C=O) groups is 1. The van der Waals surface area contributed by atoms with Crippen molar-refractivity contribution in [2.24, 2.45) is 5.73 Å². The summed E-state index contributed by atoms with van der Waals surface area (Å²) in [6.45, 7) is 1.34. The van der Waals surface area contributed by atoms with Crippen molar-refractivity contribution >= 4 is 21.8 Å². The first kappa shape index (κ1) is 16.0. The van der Waals surface area contributed by atoms with E-state index < -0.39 is 0 Å². The van der Waals surface area contributed by atoms with Gasteiger partial charge in [-0.15, -0.1) is 0 Å². The molecule has 1 amide bonds. The molecule has 0 radical (unpaired) electrons. The maximum absolute atomic E-state index is 12.7. The molecule has 0 atom stereocenters. The monoisotopic (exact) mass is 375 g/mol. The molecule has 2 aromatic rings. The highest BCUT2D eigenvalue weighted by atomic mass is 79.9. The standard InChI is InChI=1S/C17H18BrN3O2/c18-12-3-1-4-14(11-12)23-16-15(5-2-8-20-16)17(22)21-9-6-13(19)7-10-21/h1-5,8,11,13H,6-7,9-10,19H2. The zero-order valence-electron chi connectivity index (χ0n) is 12.6. The highest BCUT2D eigenvalue weighted by Crippen LogP contribution is 2.26. The Balaban J connectivity index is 1.81. The number of rotatable bonds is 3. The summed E-state index contributed by atoms with van der Waals surface area (Å²) < 4.78 is 6.72. The fourth-order valence-corrected chi connectivity index (χ4v) is 2.93. The maximum atomic E-state index is 12.7. The predicted molar refractivity (Wildman–Crippen MR) is 91.6 cm³/mol. The van der Waals surface area contributed by atoms with Gasteiger partial charge in [-0.3, -0.25) is 4.79 Å². The molecule has 0 bridgehead atoms. The van der Waals surface area contributed by atoms with Crippen LogP contribution in [0.15, 0.2) is 47.1 Å². The zero-order chi connectivity index (χ0) is 16.2. The molecule has 120 valence electrons. The Labute approximate surface area is 143 Å². The molecule has 1 aromatic carbocycles. The molecule has 2 N–H and O–H groups in total. The third kappa shape index (κ3) is 3.89. The van der Waals surface area contributed by atoms with Crippen molar-refractivity contribution in [2.75, 3.05) is 13.1 Å². The first-order valence-corrected chi connectivity index (χ1v) is 8.36. The summed E-state index contributed by atoms with van der Waals surface area (Å²) in [6, 6.07) is 11.1. The third-order valence-corrected chi connectivity index (χ3v) is 4.33. The van der Waals surface area contributed by atoms with Crippen molar-refractivity contribution in [3.63, 3.8) is 0 Å². The van der Waals surface area contributed by atoms with E-state index >= 15 is 0 Å². The van der Waals surface area contributed by atoms with Crippen molar-refractivity contribution in [1.29, 1.82) is 0 Å². The van der Waals surface area contributed by atoms with Gasteiger partial charge in [0.2, 0.25) is 5.88 Å². The lowest BCUT2D eigenvalue weighted by molar-refractivity contribution is 0.0711. The minimum absolute atomic E-state index is 0.0602. The molecule has 3 rings (SSSR count). The van der Waals surface area contributed by atoms with Crippen molar-refractivity contribution in [1.82, 2.24) is 9.88 Å². The topological polar surface area (TPSA) is 68.5 Å². The van der Waals surface area contributed by atoms with Crippen molar-refractivity contribution in [3.8, 4) is 11.6 Å². The van der Waals surface area contributed by atoms with Crippen molar-refractivity contribution in [2.45, 2.75) is 18.9 Å². The van der Waals surface area contributed by atoms with Crippen LogP contribution in [-0.4, -0.2) is 34.9 Å². The summed E-state index contributed by atoms with van der Waals surface area (Å²) in [5.41, 5.74) is 6.38. The van der Waals surface area contributed by atoms with Crippen LogP contribution < -0.4 is 10.5 Å². The molecular formula is C17H18BrN3O2. The summed E-state index contributed by atoms with van der Waals surface area (Å²) >= 11 is 3.40. The Morgan fingerprint density at radius 2 is 2.04 bits per heavy atom. The van der Waals surface area contributed by atoms with Crippen LogP contribution in [0.1, 0.15) is 23.2 Å². The van der Waals surface area contributed by atoms with Crippen LogP contribution in [0.3, 0.4) is 0 Å². The van der Waals surface area contributed by atoms with Gasteiger partial charge >= 0.3 is 0 Å². The number of ether oxygens (including phenoxy) is 1. The number of hydrogen-bond acceptors (Lipinski definition) is 4. The van der Waals surface area contributed by atoms with E-state index in [0.29, 0.717) is 30.3 Å². The van der Waals surface area contributed by atoms with Gasteiger partial charge in [-0.1, -0.05) is 22.0 Å². The van der Waals surface area contributed by atoms with Crippen LogP contribution in [0.5, 0.6) is 11.6 Å². The molecule has 1 aliphatic heterocycles. The number of hydrogen-bond donors (Lipinski definition) is 1. The van der Waals surface area contributed by atoms with Gasteiger partial charge in [0.25, 0.3) is 5.91 Å². The number of likely N-dealkylation sites (tertiary alicyclic amines) is 1. The van der Waals surface area contributed by atoms with Gasteiger partial charge in [0.15, 0.2) is 0 Å². The van der Waals surface area contributed by atoms with E-state index in [1.54, 1.807) is 18.3 Å². The molecular weight excluding hydrogens is 358 g/mol. The highest BCUT2D eigenvalue weighted by Gasteiger charge is 2.24. The number of aromatic nitrogens is 1. The van der Waals surface area contributed by atoms with Crippen LogP contribution in [0.4, 0.5) is 0 Å². The van der Waals surface area contributed by atoms with E-state index in [2.05, 4.69) is 20.9 Å². The largest absolute Gasteiger partial charge is 0.438 e. The van der Waals surface area contributed by atoms with E-state index in [1.165, 1.54) is 0 Å². The third-order valence-electron chi connectivity index (χ3n) is 3.84. The molecule has 1 aliphatic rings. The molecule has 1 aromatic heterocycles. The van der Waals surface area contributed by atoms with Crippen molar-refractivity contribution in [3.05, 3.63) is 52.6 Å². The number of carbonyl (C=O) groups excluding carboxylic acids is 1. The minimum Gasteiger partial charge on any atom is -0.438 e. The quantitative estimate of drug-likeness (QED) is 0.893. The van der Waals surface area contributed by atoms with Crippen molar-refractivity contribution < 1.29 is 9.53 Å². The first-order valence-electron chi connectivity index (χ1n) is 7.57. The zero-order valence-corrected chi connectivity index (χ0v) is 14.2. The van der Waals surface area contributed by atoms with Gasteiger partial charge in [-0.05, 0) is 43.2 Å². The van der Waals surface area contributed by atoms with Crippen LogP contribution in [0.2, 0.25) is 0 Å². The second kappa shape index (κ2) is 7.10. The van der Waals surface area contributed by atoms with Gasteiger partial charge in [0.05, 0.1) is 0 Å². The number of nitrogens with zero attached hydrogens (tertiary/aromatic N) is 2. The second-order valence-electron chi connectivity index (χ2n) is 5.55. The summed E-state index contributed by atoms with van der Waals surface area (Å²) in [7, 11) is 0. The minimum atomic E-state index is -0.0602. The number of amides is 1. The van der Waals surface area contributed by atoms with Crippen LogP contribution in [-0.2, 0) is 0 Å². The molecule has 1 fully saturated rings. The Kier molecular flexibility index (Phi) is 4.93. The van der Waals surface area contributed by atoms with Crippen LogP contribution in [0.25, 0.3) is 0 Å². The number of benzene rings is 1. The molecule has 6 heteroatoms. The fraction of sp³-hybridized carbons (Fsp3) is 0.294. The molecule has 2 heterocycles. The smallest absolute Gasteiger partial charge is 0.259 e. The SMILES string of the molecule is NC1CCN(C(=O)c2cccnc2Oc2cccc(Br)c2)CC1. The fourth-order valence-electron chi connectivity index (χ4n) is 2.55. The maximum Gasteiger partial charge on any atom is 0.259 e. The average Bonchev–Trinajstić information content (AvgIpc) is 2.55. The Morgan fingerprint density at radius 3 is 2.78 bits per heavy atom. The lowest BCUT2D eigenvalue weighted by Gasteiger charge is -2.30. The van der Waals surface area contributed by atoms with Gasteiger partial charge in [-0.25, -0.2) is 4.98 Å². The number of nitrogens with two attached hydrogens (primary N) is 1. The summed E-state index contributed by atoms with van der Waals surface area (Å²) in [5, 5.41) is 0. The van der Waals surface area contributed by atoms with Gasteiger partial charge in [0.1, 0.15) is 11.3 Å². The average molecular weight is 376 g/mol. The van der Waals surface area contributed by atoms with E-state index in [1.807, 2.05) is 29.2 Å². The van der Waals surface area contributed by atoms with Gasteiger partial charge in [0, 0.05) is 29.8 Å². The molecule has 0 spiro atoms. The summed E-state index contributed by atoms with van der Waals surface area (Å²) in [4.78, 5) is 18.8. The Bertz CT molecular complexity index is 700. The Morgan fingerprint density at radius 1 is 1.26 bits per heavy atom. The number of halogens is 1. The summed E-state index contributed by atoms with van der Waals surface area (Å²) in [5.74, 6) is 0.897. The lowest BCUT2D eigenvalue weighted by atomic mass is 10.1.